The maximum Gasteiger partial charge on any atom is 0.294 e. The van der Waals surface area contributed by atoms with Gasteiger partial charge in [0.15, 0.2) is 11.5 Å². The third kappa shape index (κ3) is 6.35. The van der Waals surface area contributed by atoms with Crippen LogP contribution in [0.4, 0.5) is 4.79 Å². The van der Waals surface area contributed by atoms with Crippen LogP contribution in [0.25, 0.3) is 6.08 Å². The molecule has 3 amide bonds. The smallest absolute Gasteiger partial charge is 0.294 e. The van der Waals surface area contributed by atoms with Crippen molar-refractivity contribution in [3.8, 4) is 17.6 Å². The first-order valence-corrected chi connectivity index (χ1v) is 13.6. The van der Waals surface area contributed by atoms with Crippen molar-refractivity contribution in [2.75, 3.05) is 26.2 Å². The third-order valence-corrected chi connectivity index (χ3v) is 7.64. The van der Waals surface area contributed by atoms with E-state index in [1.807, 2.05) is 19.1 Å². The van der Waals surface area contributed by atoms with Crippen LogP contribution in [0.3, 0.4) is 0 Å². The maximum absolute atomic E-state index is 13.0. The number of nitrogens with zero attached hydrogens (tertiary/aromatic N) is 3. The average molecular weight is 584 g/mol. The number of hydrogen-bond acceptors (Lipinski definition) is 7. The number of amides is 3. The maximum atomic E-state index is 13.0. The van der Waals surface area contributed by atoms with Crippen molar-refractivity contribution < 1.29 is 23.9 Å². The third-order valence-electron chi connectivity index (χ3n) is 6.05. The molecule has 0 N–H and O–H groups in total. The van der Waals surface area contributed by atoms with Crippen molar-refractivity contribution in [1.82, 2.24) is 9.80 Å². The molecule has 0 atom stereocenters. The van der Waals surface area contributed by atoms with Crippen LogP contribution in [-0.4, -0.2) is 53.1 Å². The second-order valence-corrected chi connectivity index (χ2v) is 10.4. The Kier molecular flexibility index (Phi) is 8.90. The van der Waals surface area contributed by atoms with Crippen LogP contribution in [0.1, 0.15) is 42.9 Å². The summed E-state index contributed by atoms with van der Waals surface area (Å²) < 4.78 is 12.4. The molecule has 0 saturated carbocycles. The van der Waals surface area contributed by atoms with Gasteiger partial charge in [-0.2, -0.15) is 5.26 Å². The lowest BCUT2D eigenvalue weighted by atomic mass is 10.1. The van der Waals surface area contributed by atoms with Gasteiger partial charge in [-0.25, -0.2) is 0 Å². The molecule has 192 valence electrons. The van der Waals surface area contributed by atoms with E-state index in [9.17, 15) is 19.6 Å². The largest absolute Gasteiger partial charge is 0.490 e. The van der Waals surface area contributed by atoms with E-state index in [1.54, 1.807) is 35.2 Å². The van der Waals surface area contributed by atoms with Crippen molar-refractivity contribution in [3.05, 3.63) is 62.5 Å². The van der Waals surface area contributed by atoms with Gasteiger partial charge in [-0.3, -0.25) is 19.3 Å². The van der Waals surface area contributed by atoms with Gasteiger partial charge in [0, 0.05) is 23.1 Å². The van der Waals surface area contributed by atoms with Crippen LogP contribution in [-0.2, 0) is 16.2 Å². The lowest BCUT2D eigenvalue weighted by Gasteiger charge is -2.27. The highest BCUT2D eigenvalue weighted by molar-refractivity contribution is 9.10. The van der Waals surface area contributed by atoms with Crippen molar-refractivity contribution in [2.24, 2.45) is 0 Å². The minimum Gasteiger partial charge on any atom is -0.490 e. The van der Waals surface area contributed by atoms with E-state index in [-0.39, 0.29) is 24.0 Å². The fraction of sp³-hybridized carbons (Fsp3) is 0.333. The number of benzene rings is 2. The van der Waals surface area contributed by atoms with Gasteiger partial charge in [0.25, 0.3) is 11.1 Å². The number of carbonyl (C=O) groups excluding carboxylic acids is 3. The molecule has 10 heteroatoms. The lowest BCUT2D eigenvalue weighted by molar-refractivity contribution is -0.136. The molecule has 4 rings (SSSR count). The molecule has 0 aromatic heterocycles. The van der Waals surface area contributed by atoms with Gasteiger partial charge in [-0.15, -0.1) is 0 Å². The van der Waals surface area contributed by atoms with Crippen molar-refractivity contribution >= 4 is 50.8 Å². The normalized spacial score (nSPS) is 16.7. The van der Waals surface area contributed by atoms with Gasteiger partial charge >= 0.3 is 0 Å². The van der Waals surface area contributed by atoms with Gasteiger partial charge in [-0.1, -0.05) is 34.1 Å². The van der Waals surface area contributed by atoms with Gasteiger partial charge in [0.2, 0.25) is 5.91 Å². The molecule has 37 heavy (non-hydrogen) atoms. The minimum atomic E-state index is -0.487. The lowest BCUT2D eigenvalue weighted by Crippen LogP contribution is -2.44. The van der Waals surface area contributed by atoms with Crippen LogP contribution >= 0.6 is 27.7 Å². The summed E-state index contributed by atoms with van der Waals surface area (Å²) in [7, 11) is 0. The molecule has 0 bridgehead atoms. The summed E-state index contributed by atoms with van der Waals surface area (Å²) in [5.41, 5.74) is 1.91. The van der Waals surface area contributed by atoms with E-state index in [0.717, 1.165) is 41.5 Å². The summed E-state index contributed by atoms with van der Waals surface area (Å²) in [5, 5.41) is 8.86. The molecule has 2 aliphatic heterocycles. The summed E-state index contributed by atoms with van der Waals surface area (Å²) in [4.78, 5) is 41.1. The zero-order valence-electron chi connectivity index (χ0n) is 20.4. The summed E-state index contributed by atoms with van der Waals surface area (Å²) in [6, 6.07) is 12.8. The van der Waals surface area contributed by atoms with E-state index in [1.165, 1.54) is 0 Å². The van der Waals surface area contributed by atoms with E-state index in [0.29, 0.717) is 46.8 Å². The van der Waals surface area contributed by atoms with Gasteiger partial charge < -0.3 is 14.4 Å². The van der Waals surface area contributed by atoms with Crippen LogP contribution < -0.4 is 9.47 Å². The van der Waals surface area contributed by atoms with E-state index < -0.39 is 11.1 Å². The van der Waals surface area contributed by atoms with Crippen LogP contribution in [0.5, 0.6) is 11.5 Å². The Morgan fingerprint density at radius 1 is 1.14 bits per heavy atom. The Hall–Kier alpha value is -3.29. The molecular weight excluding hydrogens is 558 g/mol. The van der Waals surface area contributed by atoms with Crippen LogP contribution in [0, 0.1) is 11.3 Å². The molecular formula is C27H26BrN3O5S. The van der Waals surface area contributed by atoms with E-state index in [2.05, 4.69) is 22.0 Å². The molecule has 8 nitrogen and oxygen atoms in total. The fourth-order valence-corrected chi connectivity index (χ4v) is 5.38. The number of thioether (sulfide) groups is 1. The first kappa shape index (κ1) is 26.8. The highest BCUT2D eigenvalue weighted by Gasteiger charge is 2.37. The van der Waals surface area contributed by atoms with E-state index >= 15 is 0 Å². The highest BCUT2D eigenvalue weighted by atomic mass is 79.9. The quantitative estimate of drug-likeness (QED) is 0.386. The summed E-state index contributed by atoms with van der Waals surface area (Å²) in [6.07, 6.45) is 4.57. The molecule has 0 aliphatic carbocycles. The second-order valence-electron chi connectivity index (χ2n) is 8.52. The number of imide groups is 1. The summed E-state index contributed by atoms with van der Waals surface area (Å²) >= 11 is 4.34. The van der Waals surface area contributed by atoms with Crippen molar-refractivity contribution in [3.63, 3.8) is 0 Å². The zero-order valence-corrected chi connectivity index (χ0v) is 22.8. The molecule has 2 heterocycles. The standard InChI is InChI=1S/C27H26BrN3O5S/c1-2-35-22-12-20(21(28)14-23(22)36-17-19-9-5-4-8-18(19)15-29)13-24-26(33)31(27(34)37-24)16-25(32)30-10-6-3-7-11-30/h4-5,8-9,12-14H,2-3,6-7,10-11,16-17H2,1H3/b24-13-. The number of carbonyl (C=O) groups is 3. The number of hydrogen-bond donors (Lipinski definition) is 0. The number of likely N-dealkylation sites (tertiary alicyclic amines) is 1. The number of rotatable bonds is 8. The molecule has 2 aromatic carbocycles. The predicted molar refractivity (Wildman–Crippen MR) is 144 cm³/mol. The average Bonchev–Trinajstić information content (AvgIpc) is 3.17. The van der Waals surface area contributed by atoms with Crippen molar-refractivity contribution in [1.29, 1.82) is 5.26 Å². The number of nitriles is 1. The first-order valence-electron chi connectivity index (χ1n) is 12.0. The molecule has 2 saturated heterocycles. The monoisotopic (exact) mass is 583 g/mol. The summed E-state index contributed by atoms with van der Waals surface area (Å²) in [5.74, 6) is 0.242. The second kappa shape index (κ2) is 12.3. The minimum absolute atomic E-state index is 0.180. The predicted octanol–water partition coefficient (Wildman–Crippen LogP) is 5.35. The number of piperidine rings is 1. The molecule has 2 fully saturated rings. The molecule has 0 unspecified atom stereocenters. The van der Waals surface area contributed by atoms with E-state index in [4.69, 9.17) is 9.47 Å². The Bertz CT molecular complexity index is 1280. The zero-order chi connectivity index (χ0) is 26.4. The Labute approximate surface area is 228 Å². The molecule has 2 aliphatic rings. The molecule has 0 spiro atoms. The van der Waals surface area contributed by atoms with Crippen LogP contribution in [0.15, 0.2) is 45.8 Å². The van der Waals surface area contributed by atoms with Gasteiger partial charge in [-0.05, 0) is 67.8 Å². The number of ether oxygens (including phenoxy) is 2. The summed E-state index contributed by atoms with van der Waals surface area (Å²) in [6.45, 7) is 3.50. The SMILES string of the molecule is CCOc1cc(/C=C2\SC(=O)N(CC(=O)N3CCCCC3)C2=O)c(Br)cc1OCc1ccccc1C#N. The van der Waals surface area contributed by atoms with Gasteiger partial charge in [0.1, 0.15) is 13.2 Å². The topological polar surface area (TPSA) is 99.9 Å². The van der Waals surface area contributed by atoms with Crippen molar-refractivity contribution in [2.45, 2.75) is 32.8 Å². The highest BCUT2D eigenvalue weighted by Crippen LogP contribution is 2.38. The van der Waals surface area contributed by atoms with Gasteiger partial charge in [0.05, 0.1) is 23.1 Å². The Morgan fingerprint density at radius 2 is 1.86 bits per heavy atom. The fourth-order valence-electron chi connectivity index (χ4n) is 4.11. The number of halogens is 1. The van der Waals surface area contributed by atoms with Crippen LogP contribution in [0.2, 0.25) is 0 Å². The molecule has 0 radical (unpaired) electrons. The Balaban J connectivity index is 1.52. The first-order chi connectivity index (χ1) is 17.9. The molecule has 2 aromatic rings. The Morgan fingerprint density at radius 3 is 2.59 bits per heavy atom.